The third-order valence-electron chi connectivity index (χ3n) is 9.10. The number of hydrogen-bond donors (Lipinski definition) is 0. The first-order valence-corrected chi connectivity index (χ1v) is 15.5. The van der Waals surface area contributed by atoms with Crippen molar-refractivity contribution in [2.24, 2.45) is 47.3 Å². The van der Waals surface area contributed by atoms with E-state index in [2.05, 4.69) is 53.4 Å². The van der Waals surface area contributed by atoms with Crippen LogP contribution in [-0.4, -0.2) is 50.6 Å². The summed E-state index contributed by atoms with van der Waals surface area (Å²) in [5.74, 6) is 7.17. The molecule has 0 bridgehead atoms. The fourth-order valence-corrected chi connectivity index (χ4v) is 6.47. The third-order valence-corrected chi connectivity index (χ3v) is 9.10. The predicted molar refractivity (Wildman–Crippen MR) is 158 cm³/mol. The van der Waals surface area contributed by atoms with Crippen molar-refractivity contribution in [1.82, 2.24) is 0 Å². The Balaban J connectivity index is 1.84. The van der Waals surface area contributed by atoms with Gasteiger partial charge in [-0.2, -0.15) is 0 Å². The fourth-order valence-electron chi connectivity index (χ4n) is 6.47. The van der Waals surface area contributed by atoms with E-state index >= 15 is 0 Å². The summed E-state index contributed by atoms with van der Waals surface area (Å²) in [6, 6.07) is 0. The van der Waals surface area contributed by atoms with Crippen molar-refractivity contribution >= 4 is 11.9 Å². The Hall–Kier alpha value is -2.02. The molecule has 6 heteroatoms. The standard InChI is InChI=1S/C34H54O6/c1-9-11-27(19-39-33(35)21-37-31-17-25(7)13-15-29(31)23(3)4)28(12-10-2)20-40-34(36)22-38-32-18-26(8)14-16-30(32)24(5)6/h1-2,23-32H,11-22H2,3-8H3/t25-,26+,27-,28-,29+,30-,31+,32+/m1/s1. The summed E-state index contributed by atoms with van der Waals surface area (Å²) in [6.45, 7) is 13.4. The van der Waals surface area contributed by atoms with Gasteiger partial charge in [-0.1, -0.05) is 54.4 Å². The van der Waals surface area contributed by atoms with Crippen molar-refractivity contribution < 1.29 is 28.5 Å². The number of esters is 2. The van der Waals surface area contributed by atoms with Crippen LogP contribution in [0.5, 0.6) is 0 Å². The minimum atomic E-state index is -0.408. The van der Waals surface area contributed by atoms with E-state index in [0.29, 0.717) is 48.3 Å². The zero-order valence-electron chi connectivity index (χ0n) is 25.9. The Bertz CT molecular complexity index is 781. The maximum atomic E-state index is 12.6. The molecule has 226 valence electrons. The van der Waals surface area contributed by atoms with E-state index in [4.69, 9.17) is 31.8 Å². The topological polar surface area (TPSA) is 71.1 Å². The van der Waals surface area contributed by atoms with Gasteiger partial charge in [-0.05, 0) is 61.2 Å². The molecule has 0 aromatic carbocycles. The summed E-state index contributed by atoms with van der Waals surface area (Å²) in [4.78, 5) is 25.2. The zero-order chi connectivity index (χ0) is 29.7. The van der Waals surface area contributed by atoms with Gasteiger partial charge >= 0.3 is 11.9 Å². The summed E-state index contributed by atoms with van der Waals surface area (Å²) >= 11 is 0. The summed E-state index contributed by atoms with van der Waals surface area (Å²) in [7, 11) is 0. The monoisotopic (exact) mass is 558 g/mol. The molecule has 2 saturated carbocycles. The van der Waals surface area contributed by atoms with Crippen LogP contribution < -0.4 is 0 Å². The van der Waals surface area contributed by atoms with Crippen LogP contribution in [0, 0.1) is 72.0 Å². The van der Waals surface area contributed by atoms with E-state index in [0.717, 1.165) is 25.7 Å². The summed E-state index contributed by atoms with van der Waals surface area (Å²) in [5.41, 5.74) is 0. The van der Waals surface area contributed by atoms with Crippen molar-refractivity contribution in [2.45, 2.75) is 105 Å². The van der Waals surface area contributed by atoms with Crippen LogP contribution in [0.1, 0.15) is 92.9 Å². The van der Waals surface area contributed by atoms with Crippen LogP contribution in [0.4, 0.5) is 0 Å². The van der Waals surface area contributed by atoms with Gasteiger partial charge in [0.05, 0.1) is 25.4 Å². The first-order chi connectivity index (χ1) is 19.0. The van der Waals surface area contributed by atoms with Crippen molar-refractivity contribution in [1.29, 1.82) is 0 Å². The average Bonchev–Trinajstić information content (AvgIpc) is 2.90. The lowest BCUT2D eigenvalue weighted by molar-refractivity contribution is -0.159. The van der Waals surface area contributed by atoms with Crippen LogP contribution in [0.15, 0.2) is 0 Å². The van der Waals surface area contributed by atoms with Gasteiger partial charge in [-0.25, -0.2) is 9.59 Å². The van der Waals surface area contributed by atoms with Crippen molar-refractivity contribution in [3.05, 3.63) is 0 Å². The maximum Gasteiger partial charge on any atom is 0.332 e. The lowest BCUT2D eigenvalue weighted by Gasteiger charge is -2.37. The van der Waals surface area contributed by atoms with Crippen LogP contribution in [0.25, 0.3) is 0 Å². The quantitative estimate of drug-likeness (QED) is 0.173. The number of carbonyl (C=O) groups is 2. The van der Waals surface area contributed by atoms with E-state index in [1.807, 2.05) is 0 Å². The van der Waals surface area contributed by atoms with Crippen molar-refractivity contribution in [3.8, 4) is 24.7 Å². The lowest BCUT2D eigenvalue weighted by Crippen LogP contribution is -2.36. The number of hydrogen-bond acceptors (Lipinski definition) is 6. The van der Waals surface area contributed by atoms with Gasteiger partial charge < -0.3 is 18.9 Å². The molecule has 0 unspecified atom stereocenters. The first-order valence-electron chi connectivity index (χ1n) is 15.5. The van der Waals surface area contributed by atoms with Gasteiger partial charge in [0.25, 0.3) is 0 Å². The van der Waals surface area contributed by atoms with E-state index in [9.17, 15) is 9.59 Å². The van der Waals surface area contributed by atoms with E-state index in [-0.39, 0.29) is 50.5 Å². The van der Waals surface area contributed by atoms with E-state index < -0.39 is 11.9 Å². The van der Waals surface area contributed by atoms with E-state index in [1.54, 1.807) is 0 Å². The SMILES string of the molecule is C#CC[C@H](COC(=O)CO[C@H]1C[C@@H](C)CC[C@@H]1C(C)C)[C@H](CC#C)COC(=O)CO[C@H]1C[C@H](C)CC[C@H]1C(C)C. The van der Waals surface area contributed by atoms with Crippen LogP contribution in [-0.2, 0) is 28.5 Å². The van der Waals surface area contributed by atoms with Crippen molar-refractivity contribution in [3.63, 3.8) is 0 Å². The molecule has 0 aliphatic heterocycles. The third kappa shape index (κ3) is 11.5. The van der Waals surface area contributed by atoms with E-state index in [1.165, 1.54) is 12.8 Å². The Morgan fingerprint density at radius 3 is 1.40 bits per heavy atom. The number of carbonyl (C=O) groups excluding carboxylic acids is 2. The molecule has 2 aliphatic carbocycles. The molecule has 0 heterocycles. The number of rotatable bonds is 15. The summed E-state index contributed by atoms with van der Waals surface area (Å²) in [6.07, 6.45) is 18.7. The Kier molecular flexibility index (Phi) is 15.1. The minimum Gasteiger partial charge on any atom is -0.464 e. The molecule has 0 spiro atoms. The molecule has 2 rings (SSSR count). The smallest absolute Gasteiger partial charge is 0.332 e. The normalized spacial score (nSPS) is 28.4. The Morgan fingerprint density at radius 1 is 0.700 bits per heavy atom. The Morgan fingerprint density at radius 2 is 1.07 bits per heavy atom. The molecule has 0 aromatic rings. The highest BCUT2D eigenvalue weighted by Crippen LogP contribution is 2.36. The molecule has 40 heavy (non-hydrogen) atoms. The first kappa shape index (κ1) is 34.2. The average molecular weight is 559 g/mol. The fraction of sp³-hybridized carbons (Fsp3) is 0.824. The lowest BCUT2D eigenvalue weighted by atomic mass is 9.75. The largest absolute Gasteiger partial charge is 0.464 e. The Labute approximate surface area is 244 Å². The van der Waals surface area contributed by atoms with Gasteiger partial charge in [0.2, 0.25) is 0 Å². The highest BCUT2D eigenvalue weighted by molar-refractivity contribution is 5.71. The molecular weight excluding hydrogens is 504 g/mol. The van der Waals surface area contributed by atoms with Gasteiger partial charge in [0, 0.05) is 24.7 Å². The molecule has 6 nitrogen and oxygen atoms in total. The van der Waals surface area contributed by atoms with Gasteiger partial charge in [0.1, 0.15) is 13.2 Å². The second-order valence-corrected chi connectivity index (χ2v) is 13.1. The maximum absolute atomic E-state index is 12.6. The second kappa shape index (κ2) is 17.7. The van der Waals surface area contributed by atoms with Gasteiger partial charge in [-0.3, -0.25) is 0 Å². The predicted octanol–water partition coefficient (Wildman–Crippen LogP) is 6.31. The highest BCUT2D eigenvalue weighted by atomic mass is 16.6. The van der Waals surface area contributed by atoms with Crippen LogP contribution in [0.3, 0.4) is 0 Å². The van der Waals surface area contributed by atoms with Crippen LogP contribution in [0.2, 0.25) is 0 Å². The minimum absolute atomic E-state index is 0.0706. The molecule has 2 fully saturated rings. The summed E-state index contributed by atoms with van der Waals surface area (Å²) in [5, 5.41) is 0. The second-order valence-electron chi connectivity index (χ2n) is 13.1. The highest BCUT2D eigenvalue weighted by Gasteiger charge is 2.33. The van der Waals surface area contributed by atoms with Crippen LogP contribution >= 0.6 is 0 Å². The molecular formula is C34H54O6. The number of terminal acetylenes is 2. The molecule has 8 atom stereocenters. The van der Waals surface area contributed by atoms with Gasteiger partial charge in [-0.15, -0.1) is 24.7 Å². The summed E-state index contributed by atoms with van der Waals surface area (Å²) < 4.78 is 23.3. The molecule has 0 amide bonds. The molecule has 0 saturated heterocycles. The molecule has 0 radical (unpaired) electrons. The molecule has 0 N–H and O–H groups in total. The molecule has 2 aliphatic rings. The zero-order valence-corrected chi connectivity index (χ0v) is 25.9. The number of ether oxygens (including phenoxy) is 4. The van der Waals surface area contributed by atoms with Crippen molar-refractivity contribution in [2.75, 3.05) is 26.4 Å². The van der Waals surface area contributed by atoms with Gasteiger partial charge in [0.15, 0.2) is 0 Å². The molecule has 0 aromatic heterocycles.